The van der Waals surface area contributed by atoms with Crippen molar-refractivity contribution < 1.29 is 9.53 Å². The molecule has 0 fully saturated rings. The van der Waals surface area contributed by atoms with Crippen molar-refractivity contribution in [3.63, 3.8) is 0 Å². The number of hydrogen-bond acceptors (Lipinski definition) is 3. The maximum absolute atomic E-state index is 12.5. The van der Waals surface area contributed by atoms with Crippen LogP contribution in [0.5, 0.6) is 5.75 Å². The molecule has 0 aliphatic carbocycles. The van der Waals surface area contributed by atoms with Crippen molar-refractivity contribution >= 4 is 36.7 Å². The predicted octanol–water partition coefficient (Wildman–Crippen LogP) is 5.06. The first-order chi connectivity index (χ1) is 13.1. The number of unbranched alkanes of at least 4 members (excludes halogenated alkanes) is 1. The first-order valence-corrected chi connectivity index (χ1v) is 10.9. The zero-order valence-corrected chi connectivity index (χ0v) is 17.8. The van der Waals surface area contributed by atoms with Gasteiger partial charge in [-0.25, -0.2) is 0 Å². The second kappa shape index (κ2) is 9.23. The maximum atomic E-state index is 12.5. The van der Waals surface area contributed by atoms with E-state index < -0.39 is 0 Å². The second-order valence-corrected chi connectivity index (χ2v) is 8.79. The number of nitrogens with one attached hydrogen (secondary N) is 1. The van der Waals surface area contributed by atoms with Crippen molar-refractivity contribution in [2.45, 2.75) is 26.2 Å². The molecule has 3 aromatic rings. The molecule has 6 heteroatoms. The molecule has 0 saturated heterocycles. The monoisotopic (exact) mass is 448 g/mol. The molecule has 0 radical (unpaired) electrons. The summed E-state index contributed by atoms with van der Waals surface area (Å²) in [5.74, 6) is 0.663. The van der Waals surface area contributed by atoms with Crippen molar-refractivity contribution in [3.8, 4) is 17.0 Å². The summed E-state index contributed by atoms with van der Waals surface area (Å²) in [5.41, 5.74) is 2.61. The number of benzene rings is 2. The molecule has 0 saturated carbocycles. The quantitative estimate of drug-likeness (QED) is 0.515. The van der Waals surface area contributed by atoms with Gasteiger partial charge in [0.1, 0.15) is 0 Å². The molecule has 0 spiro atoms. The molecule has 2 aromatic carbocycles. The number of carbonyl (C=O) groups is 1. The Kier molecular flexibility index (Phi) is 6.73. The number of rotatable bonds is 7. The Morgan fingerprint density at radius 2 is 1.85 bits per heavy atom. The van der Waals surface area contributed by atoms with Gasteiger partial charge in [-0.2, -0.15) is 0 Å². The normalized spacial score (nSPS) is 10.6. The summed E-state index contributed by atoms with van der Waals surface area (Å²) in [7, 11) is 1.65. The Bertz CT molecular complexity index is 905. The summed E-state index contributed by atoms with van der Waals surface area (Å²) in [5, 5.41) is 3.58. The summed E-state index contributed by atoms with van der Waals surface area (Å²) in [6.07, 6.45) is 3.24. The number of methoxy groups -OCH3 is 1. The number of ether oxygens (including phenoxy) is 1. The Hall–Kier alpha value is -2.07. The van der Waals surface area contributed by atoms with Crippen LogP contribution < -0.4 is 10.1 Å². The number of anilines is 1. The molecule has 1 aromatic heterocycles. The predicted molar refractivity (Wildman–Crippen MR) is 111 cm³/mol. The van der Waals surface area contributed by atoms with Crippen LogP contribution in [-0.4, -0.2) is 32.5 Å². The molecule has 0 aliphatic rings. The van der Waals surface area contributed by atoms with Crippen LogP contribution in [0.4, 0.5) is 4.69 Å². The van der Waals surface area contributed by atoms with Gasteiger partial charge in [0, 0.05) is 0 Å². The zero-order chi connectivity index (χ0) is 19.2. The SMILES string of the molecule is CCCCc1[se]c(NC(=O)c2ccc(Cl)cc2)nc1-c1ccc(OC)cc1. The molecule has 4 nitrogen and oxygen atoms in total. The molecule has 1 amide bonds. The van der Waals surface area contributed by atoms with E-state index in [4.69, 9.17) is 21.3 Å². The fraction of sp³-hybridized carbons (Fsp3) is 0.238. The van der Waals surface area contributed by atoms with E-state index in [1.165, 1.54) is 4.44 Å². The molecule has 140 valence electrons. The van der Waals surface area contributed by atoms with E-state index in [2.05, 4.69) is 12.2 Å². The number of aryl methyl sites for hydroxylation is 1. The van der Waals surface area contributed by atoms with Crippen molar-refractivity contribution in [2.24, 2.45) is 0 Å². The van der Waals surface area contributed by atoms with Crippen LogP contribution in [0, 0.1) is 0 Å². The Balaban J connectivity index is 1.86. The summed E-state index contributed by atoms with van der Waals surface area (Å²) >= 11 is 5.92. The summed E-state index contributed by atoms with van der Waals surface area (Å²) in [6.45, 7) is 2.18. The average molecular weight is 448 g/mol. The minimum absolute atomic E-state index is 0.0204. The Morgan fingerprint density at radius 1 is 1.15 bits per heavy atom. The van der Waals surface area contributed by atoms with Crippen molar-refractivity contribution in [1.29, 1.82) is 0 Å². The standard InChI is InChI=1S/C21H21ClN2O2Se/c1-3-4-5-18-19(14-8-12-17(26-2)13-9-14)23-21(27-18)24-20(25)15-6-10-16(22)11-7-15/h6-13H,3-5H2,1-2H3,(H,23,24,25). The van der Waals surface area contributed by atoms with Gasteiger partial charge in [0.05, 0.1) is 0 Å². The van der Waals surface area contributed by atoms with E-state index >= 15 is 0 Å². The molecule has 0 atom stereocenters. The van der Waals surface area contributed by atoms with E-state index in [0.717, 1.165) is 41.0 Å². The van der Waals surface area contributed by atoms with Crippen molar-refractivity contribution in [2.75, 3.05) is 12.4 Å². The Labute approximate surface area is 170 Å². The fourth-order valence-corrected chi connectivity index (χ4v) is 4.92. The third kappa shape index (κ3) is 5.01. The number of aromatic nitrogens is 1. The third-order valence-corrected chi connectivity index (χ3v) is 6.56. The number of amides is 1. The second-order valence-electron chi connectivity index (χ2n) is 6.08. The zero-order valence-electron chi connectivity index (χ0n) is 15.3. The van der Waals surface area contributed by atoms with Gasteiger partial charge in [-0.3, -0.25) is 0 Å². The van der Waals surface area contributed by atoms with Gasteiger partial charge in [0.2, 0.25) is 0 Å². The molecule has 27 heavy (non-hydrogen) atoms. The molecule has 3 rings (SSSR count). The molecular weight excluding hydrogens is 427 g/mol. The van der Waals surface area contributed by atoms with Gasteiger partial charge in [-0.1, -0.05) is 0 Å². The van der Waals surface area contributed by atoms with Gasteiger partial charge in [0.25, 0.3) is 0 Å². The van der Waals surface area contributed by atoms with Crippen LogP contribution in [-0.2, 0) is 6.42 Å². The molecule has 0 bridgehead atoms. The van der Waals surface area contributed by atoms with E-state index in [1.807, 2.05) is 24.3 Å². The van der Waals surface area contributed by atoms with Crippen LogP contribution >= 0.6 is 11.6 Å². The molecule has 0 aliphatic heterocycles. The van der Waals surface area contributed by atoms with Crippen LogP contribution in [0.3, 0.4) is 0 Å². The first kappa shape index (κ1) is 19.7. The van der Waals surface area contributed by atoms with Crippen LogP contribution in [0.1, 0.15) is 34.6 Å². The van der Waals surface area contributed by atoms with Crippen LogP contribution in [0.2, 0.25) is 5.02 Å². The van der Waals surface area contributed by atoms with Gasteiger partial charge in [-0.05, 0) is 0 Å². The molecule has 0 unspecified atom stereocenters. The van der Waals surface area contributed by atoms with Gasteiger partial charge < -0.3 is 0 Å². The van der Waals surface area contributed by atoms with Gasteiger partial charge in [-0.15, -0.1) is 0 Å². The summed E-state index contributed by atoms with van der Waals surface area (Å²) in [6, 6.07) is 14.8. The average Bonchev–Trinajstić information content (AvgIpc) is 3.09. The van der Waals surface area contributed by atoms with E-state index in [9.17, 15) is 4.79 Å². The van der Waals surface area contributed by atoms with E-state index in [0.29, 0.717) is 10.6 Å². The van der Waals surface area contributed by atoms with Crippen LogP contribution in [0.15, 0.2) is 48.5 Å². The number of hydrogen-bond donors (Lipinski definition) is 1. The number of nitrogens with zero attached hydrogens (tertiary/aromatic N) is 1. The number of carbonyl (C=O) groups excluding carboxylic acids is 1. The van der Waals surface area contributed by atoms with Crippen molar-refractivity contribution in [1.82, 2.24) is 4.98 Å². The molecule has 1 heterocycles. The van der Waals surface area contributed by atoms with Crippen LogP contribution in [0.25, 0.3) is 11.3 Å². The van der Waals surface area contributed by atoms with Crippen molar-refractivity contribution in [3.05, 3.63) is 63.6 Å². The third-order valence-electron chi connectivity index (χ3n) is 4.15. The topological polar surface area (TPSA) is 51.2 Å². The molecular formula is C21H21ClN2O2Se. The van der Waals surface area contributed by atoms with E-state index in [-0.39, 0.29) is 20.4 Å². The van der Waals surface area contributed by atoms with Gasteiger partial charge in [0.15, 0.2) is 0 Å². The van der Waals surface area contributed by atoms with Gasteiger partial charge >= 0.3 is 170 Å². The fourth-order valence-electron chi connectivity index (χ4n) is 2.66. The summed E-state index contributed by atoms with van der Waals surface area (Å²) in [4.78, 5) is 17.3. The Morgan fingerprint density at radius 3 is 2.48 bits per heavy atom. The summed E-state index contributed by atoms with van der Waals surface area (Å²) < 4.78 is 7.31. The first-order valence-electron chi connectivity index (χ1n) is 8.81. The number of halogens is 1. The minimum atomic E-state index is -0.155. The van der Waals surface area contributed by atoms with E-state index in [1.54, 1.807) is 31.4 Å². The molecule has 1 N–H and O–H groups in total.